The molecule has 1 amide bonds. The van der Waals surface area contributed by atoms with Crippen molar-refractivity contribution < 1.29 is 9.53 Å². The number of ether oxygens (including phenoxy) is 1. The highest BCUT2D eigenvalue weighted by Crippen LogP contribution is 2.26. The molecule has 4 nitrogen and oxygen atoms in total. The number of hydrogen-bond acceptors (Lipinski definition) is 4. The standard InChI is InChI=1S/C18H16N2O2S/c1-12-7-9-14-16(11-12)23-18(19-14)20-17(21)10-8-13-5-3-4-6-15(13)22-2/h3-11H,1-2H3,(H,19,20,21)/b10-8+. The van der Waals surface area contributed by atoms with Gasteiger partial charge in [-0.3, -0.25) is 10.1 Å². The minimum absolute atomic E-state index is 0.216. The molecule has 0 aliphatic heterocycles. The minimum atomic E-state index is -0.216. The highest BCUT2D eigenvalue weighted by Gasteiger charge is 2.06. The number of carbonyl (C=O) groups excluding carboxylic acids is 1. The second-order valence-corrected chi connectivity index (χ2v) is 6.09. The average molecular weight is 324 g/mol. The monoisotopic (exact) mass is 324 g/mol. The number of nitrogens with zero attached hydrogens (tertiary/aromatic N) is 1. The van der Waals surface area contributed by atoms with Crippen LogP contribution in [0.25, 0.3) is 16.3 Å². The number of rotatable bonds is 4. The summed E-state index contributed by atoms with van der Waals surface area (Å²) in [4.78, 5) is 16.5. The van der Waals surface area contributed by atoms with Crippen LogP contribution in [0, 0.1) is 6.92 Å². The van der Waals surface area contributed by atoms with Gasteiger partial charge >= 0.3 is 0 Å². The number of aryl methyl sites for hydroxylation is 1. The fraction of sp³-hybridized carbons (Fsp3) is 0.111. The third-order valence-electron chi connectivity index (χ3n) is 3.33. The summed E-state index contributed by atoms with van der Waals surface area (Å²) in [6, 6.07) is 13.6. The molecular formula is C18H16N2O2S. The zero-order valence-corrected chi connectivity index (χ0v) is 13.7. The molecule has 0 aliphatic carbocycles. The van der Waals surface area contributed by atoms with Gasteiger partial charge in [0.2, 0.25) is 5.91 Å². The van der Waals surface area contributed by atoms with Crippen molar-refractivity contribution in [1.29, 1.82) is 0 Å². The van der Waals surface area contributed by atoms with E-state index in [9.17, 15) is 4.79 Å². The summed E-state index contributed by atoms with van der Waals surface area (Å²) in [5.74, 6) is 0.513. The first-order valence-corrected chi connectivity index (χ1v) is 7.96. The number of thiazole rings is 1. The smallest absolute Gasteiger partial charge is 0.250 e. The lowest BCUT2D eigenvalue weighted by atomic mass is 10.2. The Balaban J connectivity index is 1.74. The summed E-state index contributed by atoms with van der Waals surface area (Å²) >= 11 is 1.47. The number of benzene rings is 2. The molecule has 1 aromatic heterocycles. The summed E-state index contributed by atoms with van der Waals surface area (Å²) in [6.07, 6.45) is 3.21. The molecule has 0 radical (unpaired) electrons. The van der Waals surface area contributed by atoms with Crippen LogP contribution in [0.5, 0.6) is 5.75 Å². The van der Waals surface area contributed by atoms with Gasteiger partial charge in [0.05, 0.1) is 17.3 Å². The van der Waals surface area contributed by atoms with Crippen LogP contribution < -0.4 is 10.1 Å². The molecule has 0 spiro atoms. The van der Waals surface area contributed by atoms with E-state index in [0.29, 0.717) is 5.13 Å². The van der Waals surface area contributed by atoms with Gasteiger partial charge in [0.1, 0.15) is 5.75 Å². The molecule has 0 atom stereocenters. The second-order valence-electron chi connectivity index (χ2n) is 5.05. The van der Waals surface area contributed by atoms with Crippen molar-refractivity contribution in [3.05, 3.63) is 59.7 Å². The zero-order valence-electron chi connectivity index (χ0n) is 12.9. The van der Waals surface area contributed by atoms with Crippen molar-refractivity contribution in [2.45, 2.75) is 6.92 Å². The van der Waals surface area contributed by atoms with E-state index in [0.717, 1.165) is 21.5 Å². The van der Waals surface area contributed by atoms with E-state index >= 15 is 0 Å². The first-order chi connectivity index (χ1) is 11.2. The number of methoxy groups -OCH3 is 1. The van der Waals surface area contributed by atoms with E-state index in [1.54, 1.807) is 13.2 Å². The summed E-state index contributed by atoms with van der Waals surface area (Å²) < 4.78 is 6.32. The van der Waals surface area contributed by atoms with Gasteiger partial charge in [0.15, 0.2) is 5.13 Å². The normalized spacial score (nSPS) is 11.0. The topological polar surface area (TPSA) is 51.2 Å². The number of carbonyl (C=O) groups is 1. The van der Waals surface area contributed by atoms with Crippen molar-refractivity contribution in [2.75, 3.05) is 12.4 Å². The van der Waals surface area contributed by atoms with Crippen molar-refractivity contribution >= 4 is 38.7 Å². The lowest BCUT2D eigenvalue weighted by Gasteiger charge is -2.03. The summed E-state index contributed by atoms with van der Waals surface area (Å²) in [5, 5.41) is 3.40. The maximum absolute atomic E-state index is 12.1. The number of hydrogen-bond donors (Lipinski definition) is 1. The summed E-state index contributed by atoms with van der Waals surface area (Å²) in [7, 11) is 1.61. The lowest BCUT2D eigenvalue weighted by Crippen LogP contribution is -2.07. The van der Waals surface area contributed by atoms with Crippen LogP contribution >= 0.6 is 11.3 Å². The predicted octanol–water partition coefficient (Wildman–Crippen LogP) is 4.27. The highest BCUT2D eigenvalue weighted by atomic mass is 32.1. The molecule has 0 bridgehead atoms. The van der Waals surface area contributed by atoms with Crippen molar-refractivity contribution in [3.63, 3.8) is 0 Å². The maximum atomic E-state index is 12.1. The molecule has 0 aliphatic rings. The summed E-state index contributed by atoms with van der Waals surface area (Å²) in [5.41, 5.74) is 2.92. The largest absolute Gasteiger partial charge is 0.496 e. The maximum Gasteiger partial charge on any atom is 0.250 e. The molecule has 0 unspecified atom stereocenters. The fourth-order valence-corrected chi connectivity index (χ4v) is 3.17. The molecule has 2 aromatic carbocycles. The Labute approximate surface area is 138 Å². The van der Waals surface area contributed by atoms with Gasteiger partial charge in [-0.05, 0) is 36.8 Å². The number of fused-ring (bicyclic) bond motifs is 1. The van der Waals surface area contributed by atoms with Crippen LogP contribution in [0.2, 0.25) is 0 Å². The predicted molar refractivity (Wildman–Crippen MR) is 95.0 cm³/mol. The molecular weight excluding hydrogens is 308 g/mol. The highest BCUT2D eigenvalue weighted by molar-refractivity contribution is 7.22. The van der Waals surface area contributed by atoms with Crippen LogP contribution in [0.1, 0.15) is 11.1 Å². The number of aromatic nitrogens is 1. The lowest BCUT2D eigenvalue weighted by molar-refractivity contribution is -0.111. The van der Waals surface area contributed by atoms with Gasteiger partial charge in [0, 0.05) is 11.6 Å². The van der Waals surface area contributed by atoms with Gasteiger partial charge in [0.25, 0.3) is 0 Å². The van der Waals surface area contributed by atoms with Crippen LogP contribution in [0.3, 0.4) is 0 Å². The molecule has 0 saturated carbocycles. The molecule has 3 aromatic rings. The van der Waals surface area contributed by atoms with E-state index in [2.05, 4.69) is 16.4 Å². The van der Waals surface area contributed by atoms with Gasteiger partial charge < -0.3 is 4.74 Å². The fourth-order valence-electron chi connectivity index (χ4n) is 2.20. The molecule has 1 heterocycles. The van der Waals surface area contributed by atoms with E-state index in [1.807, 2.05) is 43.3 Å². The number of para-hydroxylation sites is 1. The van der Waals surface area contributed by atoms with Crippen molar-refractivity contribution in [3.8, 4) is 5.75 Å². The van der Waals surface area contributed by atoms with Crippen molar-refractivity contribution in [1.82, 2.24) is 4.98 Å². The molecule has 3 rings (SSSR count). The second kappa shape index (κ2) is 6.62. The Kier molecular flexibility index (Phi) is 4.39. The minimum Gasteiger partial charge on any atom is -0.496 e. The molecule has 0 fully saturated rings. The van der Waals surface area contributed by atoms with Crippen LogP contribution in [0.15, 0.2) is 48.5 Å². The molecule has 116 valence electrons. The Morgan fingerprint density at radius 2 is 2.09 bits per heavy atom. The molecule has 23 heavy (non-hydrogen) atoms. The quantitative estimate of drug-likeness (QED) is 0.729. The first kappa shape index (κ1) is 15.2. The van der Waals surface area contributed by atoms with E-state index in [-0.39, 0.29) is 5.91 Å². The third-order valence-corrected chi connectivity index (χ3v) is 4.26. The molecule has 0 saturated heterocycles. The number of amides is 1. The SMILES string of the molecule is COc1ccccc1/C=C/C(=O)Nc1nc2ccc(C)cc2s1. The van der Waals surface area contributed by atoms with Crippen LogP contribution in [0.4, 0.5) is 5.13 Å². The van der Waals surface area contributed by atoms with E-state index < -0.39 is 0 Å². The number of nitrogens with one attached hydrogen (secondary N) is 1. The number of anilines is 1. The molecule has 1 N–H and O–H groups in total. The Morgan fingerprint density at radius 1 is 1.26 bits per heavy atom. The van der Waals surface area contributed by atoms with E-state index in [4.69, 9.17) is 4.74 Å². The Morgan fingerprint density at radius 3 is 2.91 bits per heavy atom. The zero-order chi connectivity index (χ0) is 16.2. The van der Waals surface area contributed by atoms with Gasteiger partial charge in [-0.1, -0.05) is 35.6 Å². The average Bonchev–Trinajstić information content (AvgIpc) is 2.94. The summed E-state index contributed by atoms with van der Waals surface area (Å²) in [6.45, 7) is 2.04. The van der Waals surface area contributed by atoms with Gasteiger partial charge in [-0.25, -0.2) is 4.98 Å². The van der Waals surface area contributed by atoms with Crippen LogP contribution in [-0.2, 0) is 4.79 Å². The Hall–Kier alpha value is -2.66. The third kappa shape index (κ3) is 3.57. The first-order valence-electron chi connectivity index (χ1n) is 7.15. The van der Waals surface area contributed by atoms with Crippen LogP contribution in [-0.4, -0.2) is 18.0 Å². The Bertz CT molecular complexity index is 884. The van der Waals surface area contributed by atoms with Crippen molar-refractivity contribution in [2.24, 2.45) is 0 Å². The van der Waals surface area contributed by atoms with Gasteiger partial charge in [-0.2, -0.15) is 0 Å². The molecule has 5 heteroatoms. The van der Waals surface area contributed by atoms with E-state index in [1.165, 1.54) is 23.0 Å². The van der Waals surface area contributed by atoms with Gasteiger partial charge in [-0.15, -0.1) is 0 Å².